The highest BCUT2D eigenvalue weighted by Crippen LogP contribution is 2.51. The maximum absolute atomic E-state index is 9.38. The zero-order valence-electron chi connectivity index (χ0n) is 8.33. The molecule has 0 amide bonds. The molecule has 0 radical (unpaired) electrons. The van der Waals surface area contributed by atoms with E-state index in [1.807, 2.05) is 31.2 Å². The van der Waals surface area contributed by atoms with E-state index in [-0.39, 0.29) is 12.6 Å². The van der Waals surface area contributed by atoms with Gasteiger partial charge in [0.05, 0.1) is 0 Å². The predicted octanol–water partition coefficient (Wildman–Crippen LogP) is 2.16. The fraction of sp³-hybridized carbons (Fsp3) is 0.333. The summed E-state index contributed by atoms with van der Waals surface area (Å²) in [4.78, 5) is 9.38. The van der Waals surface area contributed by atoms with Crippen molar-refractivity contribution >= 4 is 29.7 Å². The molecule has 2 unspecified atom stereocenters. The van der Waals surface area contributed by atoms with Gasteiger partial charge in [0.1, 0.15) is 6.10 Å². The van der Waals surface area contributed by atoms with Gasteiger partial charge in [0.15, 0.2) is 0 Å². The standard InChI is InChI=1S/C9H14NO2PS2/c1-7-4-2-3-5-8(7)9(6-10)12-13(11,14)15/h2-5,9H,6,10H2,1H3,(H2,11,14,15). The van der Waals surface area contributed by atoms with Crippen LogP contribution in [0.25, 0.3) is 0 Å². The molecule has 0 aliphatic carbocycles. The van der Waals surface area contributed by atoms with Crippen molar-refractivity contribution < 1.29 is 9.42 Å². The van der Waals surface area contributed by atoms with Crippen LogP contribution in [0.2, 0.25) is 0 Å². The van der Waals surface area contributed by atoms with Crippen molar-refractivity contribution in [2.24, 2.45) is 5.73 Å². The molecule has 0 aromatic heterocycles. The lowest BCUT2D eigenvalue weighted by Crippen LogP contribution is -2.15. The number of aryl methyl sites for hydroxylation is 1. The topological polar surface area (TPSA) is 55.5 Å². The molecule has 3 N–H and O–H groups in total. The Kier molecular flexibility index (Phi) is 4.77. The van der Waals surface area contributed by atoms with Crippen LogP contribution in [0.5, 0.6) is 0 Å². The summed E-state index contributed by atoms with van der Waals surface area (Å²) in [5.74, 6) is 0. The van der Waals surface area contributed by atoms with Crippen LogP contribution in [0.1, 0.15) is 17.2 Å². The third-order valence-electron chi connectivity index (χ3n) is 2.01. The first kappa shape index (κ1) is 13.2. The molecule has 0 bridgehead atoms. The second-order valence-corrected chi connectivity index (χ2v) is 8.29. The largest absolute Gasteiger partial charge is 0.338 e. The fourth-order valence-electron chi connectivity index (χ4n) is 1.34. The van der Waals surface area contributed by atoms with Crippen molar-refractivity contribution in [1.29, 1.82) is 0 Å². The summed E-state index contributed by atoms with van der Waals surface area (Å²) >= 11 is 8.56. The quantitative estimate of drug-likeness (QED) is 0.575. The molecule has 0 saturated heterocycles. The molecule has 0 aliphatic rings. The van der Waals surface area contributed by atoms with Crippen LogP contribution < -0.4 is 5.73 Å². The van der Waals surface area contributed by atoms with Crippen LogP contribution >= 0.6 is 17.9 Å². The van der Waals surface area contributed by atoms with Gasteiger partial charge in [-0.15, -0.1) is 0 Å². The van der Waals surface area contributed by atoms with Gasteiger partial charge < -0.3 is 15.2 Å². The summed E-state index contributed by atoms with van der Waals surface area (Å²) in [5.41, 5.74) is 4.61. The minimum absolute atomic E-state index is 0.268. The molecule has 15 heavy (non-hydrogen) atoms. The Bertz CT molecular complexity index is 380. The molecule has 1 rings (SSSR count). The molecule has 1 aromatic carbocycles. The molecule has 2 atom stereocenters. The van der Waals surface area contributed by atoms with E-state index in [0.717, 1.165) is 11.1 Å². The summed E-state index contributed by atoms with van der Waals surface area (Å²) < 4.78 is 5.27. The molecule has 0 spiro atoms. The lowest BCUT2D eigenvalue weighted by molar-refractivity contribution is 0.220. The average Bonchev–Trinajstić information content (AvgIpc) is 2.14. The van der Waals surface area contributed by atoms with E-state index in [9.17, 15) is 4.89 Å². The van der Waals surface area contributed by atoms with E-state index in [2.05, 4.69) is 12.2 Å². The first-order chi connectivity index (χ1) is 6.94. The zero-order chi connectivity index (χ0) is 11.5. The number of benzene rings is 1. The molecule has 0 heterocycles. The maximum atomic E-state index is 9.38. The van der Waals surface area contributed by atoms with Crippen molar-refractivity contribution in [3.8, 4) is 0 Å². The van der Waals surface area contributed by atoms with E-state index < -0.39 is 5.69 Å². The first-order valence-electron chi connectivity index (χ1n) is 4.43. The summed E-state index contributed by atoms with van der Waals surface area (Å²) in [6, 6.07) is 7.70. The molecular formula is C9H14NO2PS2. The van der Waals surface area contributed by atoms with Gasteiger partial charge in [-0.05, 0) is 29.9 Å². The van der Waals surface area contributed by atoms with Gasteiger partial charge in [-0.25, -0.2) is 0 Å². The number of hydrogen-bond donors (Lipinski definition) is 3. The molecule has 1 aromatic rings. The van der Waals surface area contributed by atoms with Crippen LogP contribution in [-0.2, 0) is 16.3 Å². The summed E-state index contributed by atoms with van der Waals surface area (Å²) in [6.07, 6.45) is -0.389. The SMILES string of the molecule is Cc1ccccc1C(CN)OP(O)(=S)S. The Labute approximate surface area is 100.0 Å². The summed E-state index contributed by atoms with van der Waals surface area (Å²) in [7, 11) is 0. The molecule has 0 fully saturated rings. The van der Waals surface area contributed by atoms with Crippen LogP contribution in [0, 0.1) is 6.92 Å². The fourth-order valence-corrected chi connectivity index (χ4v) is 2.52. The Balaban J connectivity index is 2.93. The van der Waals surface area contributed by atoms with Gasteiger partial charge in [-0.2, -0.15) is 0 Å². The van der Waals surface area contributed by atoms with Crippen LogP contribution in [0.3, 0.4) is 0 Å². The summed E-state index contributed by atoms with van der Waals surface area (Å²) in [6.45, 7) is 2.23. The van der Waals surface area contributed by atoms with Crippen molar-refractivity contribution in [1.82, 2.24) is 0 Å². The Hall–Kier alpha value is 0.1000. The predicted molar refractivity (Wildman–Crippen MR) is 69.5 cm³/mol. The second-order valence-electron chi connectivity index (χ2n) is 3.18. The first-order valence-corrected chi connectivity index (χ1v) is 8.26. The van der Waals surface area contributed by atoms with Gasteiger partial charge in [0.25, 0.3) is 0 Å². The van der Waals surface area contributed by atoms with E-state index >= 15 is 0 Å². The highest BCUT2D eigenvalue weighted by atomic mass is 32.9. The van der Waals surface area contributed by atoms with Gasteiger partial charge in [0, 0.05) is 6.54 Å². The lowest BCUT2D eigenvalue weighted by atomic mass is 10.0. The third kappa shape index (κ3) is 4.23. The molecule has 3 nitrogen and oxygen atoms in total. The van der Waals surface area contributed by atoms with Crippen LogP contribution in [0.15, 0.2) is 24.3 Å². The van der Waals surface area contributed by atoms with E-state index in [4.69, 9.17) is 22.1 Å². The minimum Gasteiger partial charge on any atom is -0.338 e. The molecule has 0 aliphatic heterocycles. The summed E-state index contributed by atoms with van der Waals surface area (Å²) in [5, 5.41) is 0. The molecular weight excluding hydrogens is 249 g/mol. The average molecular weight is 263 g/mol. The van der Waals surface area contributed by atoms with E-state index in [1.54, 1.807) is 0 Å². The number of nitrogens with two attached hydrogens (primary N) is 1. The highest BCUT2D eigenvalue weighted by Gasteiger charge is 2.18. The van der Waals surface area contributed by atoms with Crippen LogP contribution in [-0.4, -0.2) is 11.4 Å². The molecule has 84 valence electrons. The van der Waals surface area contributed by atoms with Crippen molar-refractivity contribution in [3.05, 3.63) is 35.4 Å². The van der Waals surface area contributed by atoms with Gasteiger partial charge >= 0.3 is 0 Å². The Morgan fingerprint density at radius 3 is 2.67 bits per heavy atom. The normalized spacial score (nSPS) is 17.1. The van der Waals surface area contributed by atoms with E-state index in [1.165, 1.54) is 0 Å². The van der Waals surface area contributed by atoms with Crippen molar-refractivity contribution in [2.75, 3.05) is 6.54 Å². The molecule has 0 saturated carbocycles. The Morgan fingerprint density at radius 1 is 1.60 bits per heavy atom. The van der Waals surface area contributed by atoms with Crippen molar-refractivity contribution in [3.63, 3.8) is 0 Å². The van der Waals surface area contributed by atoms with E-state index in [0.29, 0.717) is 0 Å². The van der Waals surface area contributed by atoms with Gasteiger partial charge in [0.2, 0.25) is 5.69 Å². The van der Waals surface area contributed by atoms with Gasteiger partial charge in [-0.3, -0.25) is 0 Å². The second kappa shape index (κ2) is 5.43. The maximum Gasteiger partial charge on any atom is 0.242 e. The van der Waals surface area contributed by atoms with Gasteiger partial charge in [-0.1, -0.05) is 36.5 Å². The number of thiol groups is 1. The zero-order valence-corrected chi connectivity index (χ0v) is 10.9. The number of hydrogen-bond acceptors (Lipinski definition) is 3. The monoisotopic (exact) mass is 263 g/mol. The number of rotatable bonds is 4. The lowest BCUT2D eigenvalue weighted by Gasteiger charge is -2.20. The minimum atomic E-state index is -2.98. The highest BCUT2D eigenvalue weighted by molar-refractivity contribution is 8.59. The molecule has 6 heteroatoms. The Morgan fingerprint density at radius 2 is 2.20 bits per heavy atom. The van der Waals surface area contributed by atoms with Crippen molar-refractivity contribution in [2.45, 2.75) is 13.0 Å². The van der Waals surface area contributed by atoms with Crippen LogP contribution in [0.4, 0.5) is 0 Å². The smallest absolute Gasteiger partial charge is 0.242 e. The third-order valence-corrected chi connectivity index (χ3v) is 3.08.